The van der Waals surface area contributed by atoms with E-state index in [1.54, 1.807) is 13.0 Å². The van der Waals surface area contributed by atoms with Gasteiger partial charge in [0.15, 0.2) is 5.13 Å². The topological polar surface area (TPSA) is 87.5 Å². The molecule has 0 radical (unpaired) electrons. The van der Waals surface area contributed by atoms with Crippen LogP contribution >= 0.6 is 11.3 Å². The SMILES string of the molecule is Cc1occc1C(=O)Nc1nc(CC(=O)NC2CCN(CC3CCCCC3)CC2)cs1. The van der Waals surface area contributed by atoms with Crippen LogP contribution in [0.1, 0.15) is 66.8 Å². The van der Waals surface area contributed by atoms with Crippen LogP contribution < -0.4 is 10.6 Å². The molecule has 2 N–H and O–H groups in total. The molecule has 3 heterocycles. The molecule has 1 saturated carbocycles. The van der Waals surface area contributed by atoms with Crippen LogP contribution in [-0.2, 0) is 11.2 Å². The van der Waals surface area contributed by atoms with E-state index < -0.39 is 0 Å². The lowest BCUT2D eigenvalue weighted by molar-refractivity contribution is -0.121. The Morgan fingerprint density at radius 2 is 1.97 bits per heavy atom. The third-order valence-corrected chi connectivity index (χ3v) is 7.22. The van der Waals surface area contributed by atoms with Crippen molar-refractivity contribution in [3.63, 3.8) is 0 Å². The van der Waals surface area contributed by atoms with E-state index in [1.807, 2.05) is 5.38 Å². The number of anilines is 1. The molecule has 168 valence electrons. The first-order valence-corrected chi connectivity index (χ1v) is 12.3. The van der Waals surface area contributed by atoms with Crippen LogP contribution in [0.25, 0.3) is 0 Å². The van der Waals surface area contributed by atoms with Crippen molar-refractivity contribution in [2.45, 2.75) is 64.3 Å². The number of piperidine rings is 1. The van der Waals surface area contributed by atoms with E-state index in [9.17, 15) is 9.59 Å². The van der Waals surface area contributed by atoms with Gasteiger partial charge in [0.05, 0.1) is 23.9 Å². The number of nitrogens with one attached hydrogen (secondary N) is 2. The number of furan rings is 1. The summed E-state index contributed by atoms with van der Waals surface area (Å²) >= 11 is 1.33. The van der Waals surface area contributed by atoms with Crippen LogP contribution in [-0.4, -0.2) is 47.4 Å². The molecule has 2 aromatic heterocycles. The molecule has 2 aliphatic rings. The van der Waals surface area contributed by atoms with Crippen molar-refractivity contribution in [1.82, 2.24) is 15.2 Å². The van der Waals surface area contributed by atoms with E-state index in [-0.39, 0.29) is 24.3 Å². The average molecular weight is 445 g/mol. The van der Waals surface area contributed by atoms with Crippen molar-refractivity contribution >= 4 is 28.3 Å². The highest BCUT2D eigenvalue weighted by atomic mass is 32.1. The van der Waals surface area contributed by atoms with E-state index in [4.69, 9.17) is 4.42 Å². The van der Waals surface area contributed by atoms with Gasteiger partial charge in [-0.15, -0.1) is 11.3 Å². The minimum Gasteiger partial charge on any atom is -0.469 e. The number of rotatable bonds is 7. The van der Waals surface area contributed by atoms with Crippen molar-refractivity contribution in [1.29, 1.82) is 0 Å². The fourth-order valence-corrected chi connectivity index (χ4v) is 5.37. The summed E-state index contributed by atoms with van der Waals surface area (Å²) in [7, 11) is 0. The van der Waals surface area contributed by atoms with Crippen LogP contribution in [0, 0.1) is 12.8 Å². The largest absolute Gasteiger partial charge is 0.469 e. The Labute approximate surface area is 187 Å². The molecule has 7 nitrogen and oxygen atoms in total. The van der Waals surface area contributed by atoms with Crippen molar-refractivity contribution < 1.29 is 14.0 Å². The molecule has 0 spiro atoms. The minimum atomic E-state index is -0.253. The van der Waals surface area contributed by atoms with Gasteiger partial charge in [0, 0.05) is 31.1 Å². The van der Waals surface area contributed by atoms with Crippen LogP contribution in [0.2, 0.25) is 0 Å². The first-order chi connectivity index (χ1) is 15.1. The summed E-state index contributed by atoms with van der Waals surface area (Å²) in [4.78, 5) is 31.7. The molecule has 2 fully saturated rings. The molecule has 4 rings (SSSR count). The number of hydrogen-bond donors (Lipinski definition) is 2. The molecule has 1 aliphatic heterocycles. The zero-order chi connectivity index (χ0) is 21.6. The number of aryl methyl sites for hydroxylation is 1. The van der Waals surface area contributed by atoms with Crippen molar-refractivity contribution in [2.24, 2.45) is 5.92 Å². The maximum Gasteiger partial charge on any atom is 0.260 e. The van der Waals surface area contributed by atoms with Gasteiger partial charge in [-0.1, -0.05) is 19.3 Å². The maximum atomic E-state index is 12.5. The van der Waals surface area contributed by atoms with Crippen LogP contribution in [0.4, 0.5) is 5.13 Å². The summed E-state index contributed by atoms with van der Waals surface area (Å²) in [6, 6.07) is 1.88. The lowest BCUT2D eigenvalue weighted by atomic mass is 9.88. The molecule has 2 aromatic rings. The number of amides is 2. The summed E-state index contributed by atoms with van der Waals surface area (Å²) in [5.74, 6) is 1.19. The van der Waals surface area contributed by atoms with Gasteiger partial charge >= 0.3 is 0 Å². The third-order valence-electron chi connectivity index (χ3n) is 6.41. The molecule has 8 heteroatoms. The zero-order valence-electron chi connectivity index (χ0n) is 18.2. The lowest BCUT2D eigenvalue weighted by Gasteiger charge is -2.35. The second-order valence-corrected chi connectivity index (χ2v) is 9.67. The number of carbonyl (C=O) groups excluding carboxylic acids is 2. The highest BCUT2D eigenvalue weighted by Gasteiger charge is 2.24. The predicted molar refractivity (Wildman–Crippen MR) is 121 cm³/mol. The van der Waals surface area contributed by atoms with Gasteiger partial charge in [-0.25, -0.2) is 4.98 Å². The second-order valence-electron chi connectivity index (χ2n) is 8.81. The summed E-state index contributed by atoms with van der Waals surface area (Å²) in [6.45, 7) is 5.11. The number of likely N-dealkylation sites (tertiary alicyclic amines) is 1. The molecule has 2 amide bonds. The fourth-order valence-electron chi connectivity index (χ4n) is 4.67. The van der Waals surface area contributed by atoms with Crippen LogP contribution in [0.5, 0.6) is 0 Å². The molecule has 31 heavy (non-hydrogen) atoms. The highest BCUT2D eigenvalue weighted by Crippen LogP contribution is 2.25. The molecule has 1 aliphatic carbocycles. The van der Waals surface area contributed by atoms with Crippen molar-refractivity contribution in [3.8, 4) is 0 Å². The Balaban J connectivity index is 1.18. The number of carbonyl (C=O) groups is 2. The molecule has 1 saturated heterocycles. The summed E-state index contributed by atoms with van der Waals surface area (Å²) in [5.41, 5.74) is 1.17. The summed E-state index contributed by atoms with van der Waals surface area (Å²) < 4.78 is 5.16. The van der Waals surface area contributed by atoms with E-state index in [2.05, 4.69) is 20.5 Å². The molecule has 0 bridgehead atoms. The molecular formula is C23H32N4O3S. The fraction of sp³-hybridized carbons (Fsp3) is 0.609. The Morgan fingerprint density at radius 3 is 2.68 bits per heavy atom. The van der Waals surface area contributed by atoms with Gasteiger partial charge in [0.1, 0.15) is 5.76 Å². The van der Waals surface area contributed by atoms with E-state index in [0.29, 0.717) is 22.1 Å². The first-order valence-electron chi connectivity index (χ1n) is 11.4. The average Bonchev–Trinajstić information content (AvgIpc) is 3.39. The Kier molecular flexibility index (Phi) is 7.40. The third kappa shape index (κ3) is 6.17. The normalized spacial score (nSPS) is 18.7. The highest BCUT2D eigenvalue weighted by molar-refractivity contribution is 7.14. The molecule has 0 atom stereocenters. The summed E-state index contributed by atoms with van der Waals surface area (Å²) in [6.07, 6.45) is 10.7. The van der Waals surface area contributed by atoms with Gasteiger partial charge in [-0.05, 0) is 44.6 Å². The maximum absolute atomic E-state index is 12.5. The number of thiazole rings is 1. The Morgan fingerprint density at radius 1 is 1.19 bits per heavy atom. The quantitative estimate of drug-likeness (QED) is 0.674. The van der Waals surface area contributed by atoms with Gasteiger partial charge in [0.25, 0.3) is 5.91 Å². The lowest BCUT2D eigenvalue weighted by Crippen LogP contribution is -2.46. The van der Waals surface area contributed by atoms with E-state index >= 15 is 0 Å². The summed E-state index contributed by atoms with van der Waals surface area (Å²) in [5, 5.41) is 8.25. The Hall–Kier alpha value is -2.19. The van der Waals surface area contributed by atoms with Crippen LogP contribution in [0.3, 0.4) is 0 Å². The number of aromatic nitrogens is 1. The molecular weight excluding hydrogens is 412 g/mol. The van der Waals surface area contributed by atoms with Crippen molar-refractivity contribution in [2.75, 3.05) is 25.0 Å². The zero-order valence-corrected chi connectivity index (χ0v) is 19.0. The minimum absolute atomic E-state index is 0.000383. The molecule has 0 unspecified atom stereocenters. The Bertz CT molecular complexity index is 879. The van der Waals surface area contributed by atoms with Gasteiger partial charge < -0.3 is 14.6 Å². The standard InChI is InChI=1S/C23H32N4O3S/c1-16-20(9-12-30-16)22(29)26-23-25-19(15-31-23)13-21(28)24-18-7-10-27(11-8-18)14-17-5-3-2-4-6-17/h9,12,15,17-18H,2-8,10-11,13-14H2,1H3,(H,24,28)(H,25,26,29). The van der Waals surface area contributed by atoms with Gasteiger partial charge in [-0.2, -0.15) is 0 Å². The van der Waals surface area contributed by atoms with E-state index in [0.717, 1.165) is 31.8 Å². The second kappa shape index (κ2) is 10.4. The van der Waals surface area contributed by atoms with Gasteiger partial charge in [0.2, 0.25) is 5.91 Å². The van der Waals surface area contributed by atoms with Crippen molar-refractivity contribution in [3.05, 3.63) is 34.7 Å². The van der Waals surface area contributed by atoms with Gasteiger partial charge in [-0.3, -0.25) is 14.9 Å². The van der Waals surface area contributed by atoms with Crippen LogP contribution in [0.15, 0.2) is 22.1 Å². The number of hydrogen-bond acceptors (Lipinski definition) is 6. The van der Waals surface area contributed by atoms with E-state index in [1.165, 1.54) is 56.2 Å². The predicted octanol–water partition coefficient (Wildman–Crippen LogP) is 4.00. The number of nitrogens with zero attached hydrogens (tertiary/aromatic N) is 2. The smallest absolute Gasteiger partial charge is 0.260 e. The molecule has 0 aromatic carbocycles. The monoisotopic (exact) mass is 444 g/mol. The first kappa shape index (κ1) is 22.0.